The number of pyridine rings is 1. The molecule has 35 heavy (non-hydrogen) atoms. The Morgan fingerprint density at radius 3 is 2.69 bits per heavy atom. The van der Waals surface area contributed by atoms with E-state index in [9.17, 15) is 9.18 Å². The molecule has 0 aliphatic carbocycles. The number of hydrogen-bond donors (Lipinski definition) is 3. The van der Waals surface area contributed by atoms with Crippen LogP contribution in [0.1, 0.15) is 13.8 Å². The number of ether oxygens (including phenoxy) is 1. The second-order valence-electron chi connectivity index (χ2n) is 9.09. The maximum atomic E-state index is 14.5. The first-order valence-corrected chi connectivity index (χ1v) is 11.4. The van der Waals surface area contributed by atoms with Crippen molar-refractivity contribution in [2.45, 2.75) is 19.4 Å². The first-order valence-electron chi connectivity index (χ1n) is 11.4. The van der Waals surface area contributed by atoms with Crippen LogP contribution < -0.4 is 25.6 Å². The Hall–Kier alpha value is -3.99. The monoisotopic (exact) mass is 478 g/mol. The molecule has 0 atom stereocenters. The zero-order valence-corrected chi connectivity index (χ0v) is 19.8. The average Bonchev–Trinajstić information content (AvgIpc) is 2.83. The third-order valence-electron chi connectivity index (χ3n) is 5.96. The normalized spacial score (nSPS) is 17.3. The molecule has 4 heterocycles. The van der Waals surface area contributed by atoms with E-state index in [1.165, 1.54) is 0 Å². The van der Waals surface area contributed by atoms with Crippen LogP contribution in [0.15, 0.2) is 42.6 Å². The van der Waals surface area contributed by atoms with E-state index >= 15 is 0 Å². The molecule has 0 unspecified atom stereocenters. The second-order valence-corrected chi connectivity index (χ2v) is 9.09. The van der Waals surface area contributed by atoms with Crippen molar-refractivity contribution in [2.75, 3.05) is 54.1 Å². The Morgan fingerprint density at radius 1 is 1.09 bits per heavy atom. The van der Waals surface area contributed by atoms with Gasteiger partial charge in [0.1, 0.15) is 5.82 Å². The molecule has 10 nitrogen and oxygen atoms in total. The highest BCUT2D eigenvalue weighted by Crippen LogP contribution is 2.33. The topological polar surface area (TPSA) is 108 Å². The quantitative estimate of drug-likeness (QED) is 0.509. The number of likely N-dealkylation sites (N-methyl/N-ethyl adjacent to an activating group) is 1. The molecule has 11 heteroatoms. The van der Waals surface area contributed by atoms with Crippen LogP contribution in [0.4, 0.5) is 39.2 Å². The van der Waals surface area contributed by atoms with Gasteiger partial charge in [0.05, 0.1) is 6.20 Å². The minimum Gasteiger partial charge on any atom is -0.474 e. The van der Waals surface area contributed by atoms with Crippen LogP contribution in [0.25, 0.3) is 0 Å². The number of halogens is 1. The van der Waals surface area contributed by atoms with Crippen LogP contribution in [-0.2, 0) is 4.79 Å². The SMILES string of the molecule is CN1CCN(c2cccc(Nc3ncc(F)c(Nc4ccc5c(n4)NC(=O)C(C)(C)O5)n3)c2)CC1. The number of rotatable bonds is 5. The Kier molecular flexibility index (Phi) is 5.85. The number of aromatic nitrogens is 3. The molecular weight excluding hydrogens is 451 g/mol. The van der Waals surface area contributed by atoms with Gasteiger partial charge in [0.2, 0.25) is 5.95 Å². The standard InChI is InChI=1S/C24H27FN8O2/c1-24(2)22(34)30-21-18(35-24)7-8-19(29-21)28-20-17(25)14-26-23(31-20)27-15-5-4-6-16(13-15)33-11-9-32(3)10-12-33/h4-8,13-14H,9-12H2,1-3H3,(H3,26,27,28,29,30,31,34). The molecule has 182 valence electrons. The molecule has 3 aromatic rings. The van der Waals surface area contributed by atoms with Gasteiger partial charge in [0, 0.05) is 37.6 Å². The number of piperazine rings is 1. The number of nitrogens with zero attached hydrogens (tertiary/aromatic N) is 5. The van der Waals surface area contributed by atoms with E-state index in [1.54, 1.807) is 26.0 Å². The van der Waals surface area contributed by atoms with Gasteiger partial charge in [0.25, 0.3) is 5.91 Å². The van der Waals surface area contributed by atoms with E-state index in [0.29, 0.717) is 11.6 Å². The van der Waals surface area contributed by atoms with Crippen LogP contribution in [0.5, 0.6) is 5.75 Å². The van der Waals surface area contributed by atoms with Crippen molar-refractivity contribution in [2.24, 2.45) is 0 Å². The molecule has 1 fully saturated rings. The lowest BCUT2D eigenvalue weighted by molar-refractivity contribution is -0.129. The van der Waals surface area contributed by atoms with Crippen LogP contribution in [0, 0.1) is 5.82 Å². The lowest BCUT2D eigenvalue weighted by atomic mass is 10.1. The number of benzene rings is 1. The number of hydrogen-bond acceptors (Lipinski definition) is 9. The molecule has 1 saturated heterocycles. The van der Waals surface area contributed by atoms with Gasteiger partial charge < -0.3 is 30.5 Å². The van der Waals surface area contributed by atoms with Gasteiger partial charge in [-0.2, -0.15) is 4.98 Å². The summed E-state index contributed by atoms with van der Waals surface area (Å²) in [6.07, 6.45) is 1.09. The highest BCUT2D eigenvalue weighted by atomic mass is 19.1. The van der Waals surface area contributed by atoms with Gasteiger partial charge in [0.15, 0.2) is 28.8 Å². The number of fused-ring (bicyclic) bond motifs is 1. The zero-order valence-electron chi connectivity index (χ0n) is 19.8. The summed E-state index contributed by atoms with van der Waals surface area (Å²) < 4.78 is 20.2. The smallest absolute Gasteiger partial charge is 0.269 e. The molecule has 1 amide bonds. The van der Waals surface area contributed by atoms with Crippen molar-refractivity contribution < 1.29 is 13.9 Å². The fourth-order valence-corrected chi connectivity index (χ4v) is 3.88. The molecule has 0 saturated carbocycles. The molecule has 2 aromatic heterocycles. The number of anilines is 6. The van der Waals surface area contributed by atoms with Crippen molar-refractivity contribution in [3.63, 3.8) is 0 Å². The maximum absolute atomic E-state index is 14.5. The minimum absolute atomic E-state index is 0.0476. The van der Waals surface area contributed by atoms with Gasteiger partial charge in [-0.15, -0.1) is 0 Å². The molecular formula is C24H27FN8O2. The molecule has 0 radical (unpaired) electrons. The van der Waals surface area contributed by atoms with E-state index in [4.69, 9.17) is 4.74 Å². The average molecular weight is 479 g/mol. The Bertz CT molecular complexity index is 1260. The van der Waals surface area contributed by atoms with Crippen LogP contribution in [0.2, 0.25) is 0 Å². The molecule has 0 bridgehead atoms. The summed E-state index contributed by atoms with van der Waals surface area (Å²) in [6.45, 7) is 7.28. The van der Waals surface area contributed by atoms with Crippen molar-refractivity contribution in [3.8, 4) is 5.75 Å². The van der Waals surface area contributed by atoms with E-state index < -0.39 is 11.4 Å². The number of nitrogens with one attached hydrogen (secondary N) is 3. The van der Waals surface area contributed by atoms with Gasteiger partial charge >= 0.3 is 0 Å². The van der Waals surface area contributed by atoms with Gasteiger partial charge in [-0.3, -0.25) is 4.79 Å². The van der Waals surface area contributed by atoms with E-state index in [2.05, 4.69) is 53.8 Å². The van der Waals surface area contributed by atoms with Crippen LogP contribution >= 0.6 is 0 Å². The van der Waals surface area contributed by atoms with Crippen molar-refractivity contribution in [1.82, 2.24) is 19.9 Å². The minimum atomic E-state index is -0.995. The summed E-state index contributed by atoms with van der Waals surface area (Å²) in [5, 5.41) is 8.71. The van der Waals surface area contributed by atoms with Crippen LogP contribution in [0.3, 0.4) is 0 Å². The van der Waals surface area contributed by atoms with Crippen molar-refractivity contribution >= 4 is 40.7 Å². The Morgan fingerprint density at radius 2 is 1.89 bits per heavy atom. The molecule has 1 aromatic carbocycles. The van der Waals surface area contributed by atoms with E-state index in [0.717, 1.165) is 43.8 Å². The fourth-order valence-electron chi connectivity index (χ4n) is 3.88. The predicted octanol–water partition coefficient (Wildman–Crippen LogP) is 3.36. The summed E-state index contributed by atoms with van der Waals surface area (Å²) in [6, 6.07) is 11.3. The lowest BCUT2D eigenvalue weighted by Crippen LogP contribution is -2.46. The molecule has 0 spiro atoms. The number of carbonyl (C=O) groups is 1. The number of carbonyl (C=O) groups excluding carboxylic acids is 1. The largest absolute Gasteiger partial charge is 0.474 e. The van der Waals surface area contributed by atoms with Gasteiger partial charge in [-0.1, -0.05) is 6.07 Å². The third kappa shape index (κ3) is 4.94. The molecule has 5 rings (SSSR count). The lowest BCUT2D eigenvalue weighted by Gasteiger charge is -2.34. The summed E-state index contributed by atoms with van der Waals surface area (Å²) in [5.41, 5.74) is 0.910. The summed E-state index contributed by atoms with van der Waals surface area (Å²) >= 11 is 0. The Balaban J connectivity index is 1.32. The summed E-state index contributed by atoms with van der Waals surface area (Å²) in [5.74, 6) is 0.233. The molecule has 2 aliphatic heterocycles. The van der Waals surface area contributed by atoms with E-state index in [1.807, 2.05) is 18.2 Å². The third-order valence-corrected chi connectivity index (χ3v) is 5.96. The predicted molar refractivity (Wildman–Crippen MR) is 132 cm³/mol. The zero-order chi connectivity index (χ0) is 24.6. The fraction of sp³-hybridized carbons (Fsp3) is 0.333. The van der Waals surface area contributed by atoms with Gasteiger partial charge in [-0.05, 0) is 51.2 Å². The molecule has 3 N–H and O–H groups in total. The maximum Gasteiger partial charge on any atom is 0.269 e. The van der Waals surface area contributed by atoms with Crippen molar-refractivity contribution in [1.29, 1.82) is 0 Å². The summed E-state index contributed by atoms with van der Waals surface area (Å²) in [4.78, 5) is 29.5. The highest BCUT2D eigenvalue weighted by Gasteiger charge is 2.36. The summed E-state index contributed by atoms with van der Waals surface area (Å²) in [7, 11) is 2.12. The van der Waals surface area contributed by atoms with Gasteiger partial charge in [-0.25, -0.2) is 14.4 Å². The second kappa shape index (κ2) is 8.99. The first kappa shape index (κ1) is 22.8. The molecule has 2 aliphatic rings. The Labute approximate surface area is 202 Å². The first-order chi connectivity index (χ1) is 16.8. The van der Waals surface area contributed by atoms with E-state index in [-0.39, 0.29) is 23.5 Å². The highest BCUT2D eigenvalue weighted by molar-refractivity contribution is 5.99. The van der Waals surface area contributed by atoms with Crippen molar-refractivity contribution in [3.05, 3.63) is 48.4 Å². The van der Waals surface area contributed by atoms with Crippen LogP contribution in [-0.4, -0.2) is 64.6 Å². The number of amides is 1.